The Morgan fingerprint density at radius 3 is 2.49 bits per heavy atom. The second-order valence-corrected chi connectivity index (χ2v) is 8.29. The van der Waals surface area contributed by atoms with Gasteiger partial charge in [0.25, 0.3) is 0 Å². The van der Waals surface area contributed by atoms with Crippen LogP contribution in [0.2, 0.25) is 0 Å². The van der Waals surface area contributed by atoms with E-state index in [1.807, 2.05) is 30.3 Å². The molecule has 2 aromatic carbocycles. The number of fused-ring (bicyclic) bond motifs is 1. The largest absolute Gasteiger partial charge is 0.417 e. The molecule has 0 bridgehead atoms. The molecule has 1 aliphatic rings. The number of nitrogens with one attached hydrogen (secondary N) is 2. The van der Waals surface area contributed by atoms with Gasteiger partial charge in [0, 0.05) is 18.2 Å². The van der Waals surface area contributed by atoms with Crippen LogP contribution < -0.4 is 5.32 Å². The highest BCUT2D eigenvalue weighted by Crippen LogP contribution is 2.40. The number of benzene rings is 2. The number of imidazole rings is 1. The first-order chi connectivity index (χ1) is 17.6. The molecule has 2 aromatic heterocycles. The van der Waals surface area contributed by atoms with Crippen molar-refractivity contribution >= 4 is 12.2 Å². The third-order valence-corrected chi connectivity index (χ3v) is 5.62. The lowest BCUT2D eigenvalue weighted by atomic mass is 10.0. The Kier molecular flexibility index (Phi) is 6.13. The lowest BCUT2D eigenvalue weighted by Crippen LogP contribution is -2.21. The standard InChI is InChI=1S/C24H18F6N6O/c25-23(26,27)15-6-7-17(18(8-15)24(28,29)30)19-9-16(37-35-19)12-36-13-21-20(11-32-36)33-22(34-21)31-10-14-4-2-1-3-5-14/h1-9,11H,10,12-13H2,(H2,31,33,34). The molecule has 37 heavy (non-hydrogen) atoms. The normalized spacial score (nSPS) is 13.6. The number of alkyl halides is 6. The molecule has 0 atom stereocenters. The molecule has 192 valence electrons. The molecule has 0 unspecified atom stereocenters. The van der Waals surface area contributed by atoms with Crippen LogP contribution in [0.25, 0.3) is 11.3 Å². The molecule has 1 aliphatic heterocycles. The van der Waals surface area contributed by atoms with Crippen molar-refractivity contribution in [3.63, 3.8) is 0 Å². The first-order valence-electron chi connectivity index (χ1n) is 11.0. The van der Waals surface area contributed by atoms with E-state index in [0.29, 0.717) is 36.5 Å². The van der Waals surface area contributed by atoms with Gasteiger partial charge in [-0.15, -0.1) is 0 Å². The van der Waals surface area contributed by atoms with E-state index in [2.05, 4.69) is 25.5 Å². The minimum atomic E-state index is -5.02. The van der Waals surface area contributed by atoms with E-state index in [1.165, 1.54) is 6.07 Å². The van der Waals surface area contributed by atoms with Crippen LogP contribution in [0.1, 0.15) is 33.8 Å². The highest BCUT2D eigenvalue weighted by molar-refractivity contribution is 5.80. The third kappa shape index (κ3) is 5.44. The number of halogens is 6. The van der Waals surface area contributed by atoms with E-state index in [-0.39, 0.29) is 24.1 Å². The summed E-state index contributed by atoms with van der Waals surface area (Å²) in [5.74, 6) is 0.743. The van der Waals surface area contributed by atoms with Gasteiger partial charge >= 0.3 is 12.4 Å². The molecular formula is C24H18F6N6O. The summed E-state index contributed by atoms with van der Waals surface area (Å²) in [4.78, 5) is 7.64. The van der Waals surface area contributed by atoms with E-state index < -0.39 is 29.0 Å². The monoisotopic (exact) mass is 520 g/mol. The van der Waals surface area contributed by atoms with Crippen molar-refractivity contribution in [1.82, 2.24) is 20.1 Å². The number of nitrogens with zero attached hydrogens (tertiary/aromatic N) is 4. The molecule has 0 saturated heterocycles. The van der Waals surface area contributed by atoms with Gasteiger partial charge in [-0.3, -0.25) is 5.01 Å². The smallest absolute Gasteiger partial charge is 0.359 e. The summed E-state index contributed by atoms with van der Waals surface area (Å²) < 4.78 is 84.5. The maximum atomic E-state index is 13.5. The van der Waals surface area contributed by atoms with Gasteiger partial charge in [0.2, 0.25) is 5.95 Å². The molecule has 0 radical (unpaired) electrons. The lowest BCUT2D eigenvalue weighted by molar-refractivity contribution is -0.142. The number of hydrazone groups is 1. The molecule has 5 rings (SSSR count). The summed E-state index contributed by atoms with van der Waals surface area (Å²) in [5.41, 5.74) is -1.10. The molecule has 0 fully saturated rings. The minimum absolute atomic E-state index is 0.0601. The summed E-state index contributed by atoms with van der Waals surface area (Å²) in [6, 6.07) is 12.4. The molecule has 4 aromatic rings. The second kappa shape index (κ2) is 9.30. The zero-order valence-corrected chi connectivity index (χ0v) is 18.9. The molecular weight excluding hydrogens is 502 g/mol. The summed E-state index contributed by atoms with van der Waals surface area (Å²) in [6.07, 6.45) is -8.37. The van der Waals surface area contributed by atoms with Crippen molar-refractivity contribution < 1.29 is 30.9 Å². The Bertz CT molecular complexity index is 1420. The van der Waals surface area contributed by atoms with Crippen LogP contribution in [0.4, 0.5) is 32.3 Å². The quantitative estimate of drug-likeness (QED) is 0.302. The van der Waals surface area contributed by atoms with Crippen LogP contribution >= 0.6 is 0 Å². The maximum absolute atomic E-state index is 13.5. The van der Waals surface area contributed by atoms with Gasteiger partial charge in [0.1, 0.15) is 5.69 Å². The Balaban J connectivity index is 1.28. The van der Waals surface area contributed by atoms with Crippen molar-refractivity contribution in [3.05, 3.63) is 88.4 Å². The van der Waals surface area contributed by atoms with Gasteiger partial charge in [0.05, 0.1) is 41.8 Å². The van der Waals surface area contributed by atoms with Crippen LogP contribution in [0, 0.1) is 0 Å². The van der Waals surface area contributed by atoms with Gasteiger partial charge < -0.3 is 14.8 Å². The van der Waals surface area contributed by atoms with Crippen LogP contribution in [0.5, 0.6) is 0 Å². The predicted molar refractivity (Wildman–Crippen MR) is 121 cm³/mol. The number of hydrogen-bond donors (Lipinski definition) is 2. The zero-order valence-electron chi connectivity index (χ0n) is 18.9. The first-order valence-corrected chi connectivity index (χ1v) is 11.0. The van der Waals surface area contributed by atoms with E-state index in [0.717, 1.165) is 11.6 Å². The van der Waals surface area contributed by atoms with E-state index in [1.54, 1.807) is 11.2 Å². The maximum Gasteiger partial charge on any atom is 0.417 e. The summed E-state index contributed by atoms with van der Waals surface area (Å²) in [5, 5.41) is 12.7. The average Bonchev–Trinajstić information content (AvgIpc) is 3.48. The SMILES string of the molecule is FC(F)(F)c1ccc(-c2cc(CN3Cc4nc(NCc5ccccc5)[nH]c4C=N3)on2)c(C(F)(F)F)c1. The number of H-pyrrole nitrogens is 1. The van der Waals surface area contributed by atoms with Gasteiger partial charge in [0.15, 0.2) is 5.76 Å². The van der Waals surface area contributed by atoms with Crippen molar-refractivity contribution in [1.29, 1.82) is 0 Å². The van der Waals surface area contributed by atoms with E-state index >= 15 is 0 Å². The second-order valence-electron chi connectivity index (χ2n) is 8.29. The van der Waals surface area contributed by atoms with Gasteiger partial charge in [-0.1, -0.05) is 41.6 Å². The van der Waals surface area contributed by atoms with Gasteiger partial charge in [-0.05, 0) is 17.7 Å². The molecule has 0 aliphatic carbocycles. The molecule has 0 spiro atoms. The molecule has 3 heterocycles. The molecule has 13 heteroatoms. The van der Waals surface area contributed by atoms with E-state index in [4.69, 9.17) is 4.52 Å². The van der Waals surface area contributed by atoms with Crippen molar-refractivity contribution in [2.75, 3.05) is 5.32 Å². The summed E-state index contributed by atoms with van der Waals surface area (Å²) in [6.45, 7) is 0.919. The number of aromatic amines is 1. The molecule has 7 nitrogen and oxygen atoms in total. The number of rotatable bonds is 6. The fourth-order valence-electron chi connectivity index (χ4n) is 3.84. The lowest BCUT2D eigenvalue weighted by Gasteiger charge is -2.19. The van der Waals surface area contributed by atoms with Crippen LogP contribution in [-0.2, 0) is 32.0 Å². The zero-order chi connectivity index (χ0) is 26.2. The van der Waals surface area contributed by atoms with Crippen molar-refractivity contribution in [2.24, 2.45) is 5.10 Å². The number of aromatic nitrogens is 3. The van der Waals surface area contributed by atoms with Crippen molar-refractivity contribution in [3.8, 4) is 11.3 Å². The van der Waals surface area contributed by atoms with E-state index in [9.17, 15) is 26.3 Å². The third-order valence-electron chi connectivity index (χ3n) is 5.62. The Labute approximate surface area is 205 Å². The van der Waals surface area contributed by atoms with Gasteiger partial charge in [-0.25, -0.2) is 4.98 Å². The number of anilines is 1. The Hall–Kier alpha value is -4.29. The van der Waals surface area contributed by atoms with Crippen LogP contribution in [-0.4, -0.2) is 26.3 Å². The fraction of sp³-hybridized carbons (Fsp3) is 0.208. The topological polar surface area (TPSA) is 82.3 Å². The first kappa shape index (κ1) is 24.4. The molecule has 2 N–H and O–H groups in total. The highest BCUT2D eigenvalue weighted by Gasteiger charge is 2.39. The Morgan fingerprint density at radius 1 is 0.973 bits per heavy atom. The average molecular weight is 520 g/mol. The van der Waals surface area contributed by atoms with Crippen LogP contribution in [0.3, 0.4) is 0 Å². The van der Waals surface area contributed by atoms with Gasteiger partial charge in [-0.2, -0.15) is 31.4 Å². The molecule has 0 saturated carbocycles. The minimum Gasteiger partial charge on any atom is -0.359 e. The van der Waals surface area contributed by atoms with Crippen molar-refractivity contribution in [2.45, 2.75) is 32.0 Å². The predicted octanol–water partition coefficient (Wildman–Crippen LogP) is 6.06. The summed E-state index contributed by atoms with van der Waals surface area (Å²) in [7, 11) is 0. The summed E-state index contributed by atoms with van der Waals surface area (Å²) >= 11 is 0. The number of hydrogen-bond acceptors (Lipinski definition) is 6. The van der Waals surface area contributed by atoms with Crippen LogP contribution in [0.15, 0.2) is 64.2 Å². The fourth-order valence-corrected chi connectivity index (χ4v) is 3.84. The highest BCUT2D eigenvalue weighted by atomic mass is 19.4. The Morgan fingerprint density at radius 2 is 1.76 bits per heavy atom. The molecule has 0 amide bonds.